The number of fused-ring (bicyclic) bond motifs is 1. The van der Waals surface area contributed by atoms with E-state index in [2.05, 4.69) is 21.8 Å². The van der Waals surface area contributed by atoms with Crippen LogP contribution in [0.5, 0.6) is 0 Å². The van der Waals surface area contributed by atoms with Crippen molar-refractivity contribution in [3.05, 3.63) is 30.6 Å². The van der Waals surface area contributed by atoms with Gasteiger partial charge < -0.3 is 10.6 Å². The molecule has 2 aromatic rings. The molecule has 2 heterocycles. The molecule has 1 aromatic carbocycles. The number of nitrogens with two attached hydrogens (primary N) is 1. The van der Waals surface area contributed by atoms with E-state index in [1.807, 2.05) is 6.07 Å². The fourth-order valence-corrected chi connectivity index (χ4v) is 2.35. The highest BCUT2D eigenvalue weighted by Crippen LogP contribution is 2.28. The Kier molecular flexibility index (Phi) is 2.18. The van der Waals surface area contributed by atoms with Crippen molar-refractivity contribution >= 4 is 16.7 Å². The van der Waals surface area contributed by atoms with Gasteiger partial charge in [0.05, 0.1) is 12.6 Å². The second-order valence-electron chi connectivity index (χ2n) is 4.66. The molecule has 0 bridgehead atoms. The average molecular weight is 229 g/mol. The van der Waals surface area contributed by atoms with Crippen molar-refractivity contribution in [2.24, 2.45) is 11.7 Å². The summed E-state index contributed by atoms with van der Waals surface area (Å²) < 4.78 is 7.86. The van der Waals surface area contributed by atoms with Gasteiger partial charge in [-0.05, 0) is 18.0 Å². The van der Waals surface area contributed by atoms with E-state index in [-0.39, 0.29) is 6.04 Å². The highest BCUT2D eigenvalue weighted by molar-refractivity contribution is 5.88. The first kappa shape index (κ1) is 9.36. The number of hydrogen-bond donors (Lipinski definition) is 1. The monoisotopic (exact) mass is 229 g/mol. The van der Waals surface area contributed by atoms with E-state index in [1.165, 1.54) is 0 Å². The molecule has 88 valence electrons. The lowest BCUT2D eigenvalue weighted by molar-refractivity contribution is 0.566. The molecule has 4 heteroatoms. The maximum atomic E-state index is 7.86. The molecule has 3 rings (SSSR count). The number of benzene rings is 1. The van der Waals surface area contributed by atoms with Crippen LogP contribution in [0.25, 0.3) is 11.0 Å². The number of para-hydroxylation sites is 1. The van der Waals surface area contributed by atoms with E-state index < -0.39 is 0 Å². The van der Waals surface area contributed by atoms with Crippen LogP contribution in [0.2, 0.25) is 0 Å². The van der Waals surface area contributed by atoms with Crippen molar-refractivity contribution in [2.75, 3.05) is 18.0 Å². The fourth-order valence-electron chi connectivity index (χ4n) is 2.35. The Hall–Kier alpha value is -1.68. The van der Waals surface area contributed by atoms with Crippen LogP contribution in [0.3, 0.4) is 0 Å². The van der Waals surface area contributed by atoms with E-state index in [0.29, 0.717) is 17.5 Å². The summed E-state index contributed by atoms with van der Waals surface area (Å²) in [6.45, 7) is 3.94. The van der Waals surface area contributed by atoms with Gasteiger partial charge in [-0.3, -0.25) is 9.97 Å². The third-order valence-electron chi connectivity index (χ3n) is 3.41. The topological polar surface area (TPSA) is 55.0 Å². The van der Waals surface area contributed by atoms with Crippen molar-refractivity contribution in [2.45, 2.75) is 13.0 Å². The summed E-state index contributed by atoms with van der Waals surface area (Å²) in [4.78, 5) is 10.9. The molecule has 0 saturated carbocycles. The van der Waals surface area contributed by atoms with Crippen LogP contribution in [0.15, 0.2) is 30.6 Å². The van der Waals surface area contributed by atoms with Crippen LogP contribution in [0, 0.1) is 5.92 Å². The molecular weight excluding hydrogens is 212 g/mol. The minimum atomic E-state index is 0.201. The summed E-state index contributed by atoms with van der Waals surface area (Å²) >= 11 is 0. The fraction of sp³-hybridized carbons (Fsp3) is 0.385. The minimum absolute atomic E-state index is 0.201. The first-order valence-electron chi connectivity index (χ1n) is 6.37. The maximum Gasteiger partial charge on any atom is 0.112 e. The van der Waals surface area contributed by atoms with Gasteiger partial charge in [0.25, 0.3) is 0 Å². The number of nitrogens with zero attached hydrogens (tertiary/aromatic N) is 3. The van der Waals surface area contributed by atoms with Crippen LogP contribution in [-0.2, 0) is 0 Å². The molecule has 4 nitrogen and oxygen atoms in total. The lowest BCUT2D eigenvalue weighted by Crippen LogP contribution is -2.28. The molecule has 1 aliphatic rings. The van der Waals surface area contributed by atoms with Gasteiger partial charge >= 0.3 is 0 Å². The third kappa shape index (κ3) is 1.74. The predicted molar refractivity (Wildman–Crippen MR) is 68.9 cm³/mol. The summed E-state index contributed by atoms with van der Waals surface area (Å²) in [7, 11) is 0. The summed E-state index contributed by atoms with van der Waals surface area (Å²) in [5.41, 5.74) is 8.55. The van der Waals surface area contributed by atoms with Crippen LogP contribution < -0.4 is 10.6 Å². The SMILES string of the molecule is [2H]c1ccc(N2C[C@@H](C)[C@@H](N)C2)c2nccnc12. The van der Waals surface area contributed by atoms with Gasteiger partial charge in [0.1, 0.15) is 5.52 Å². The number of rotatable bonds is 1. The van der Waals surface area contributed by atoms with Crippen molar-refractivity contribution in [1.29, 1.82) is 0 Å². The maximum absolute atomic E-state index is 7.86. The smallest absolute Gasteiger partial charge is 0.112 e. The van der Waals surface area contributed by atoms with Gasteiger partial charge in [-0.1, -0.05) is 13.0 Å². The van der Waals surface area contributed by atoms with E-state index in [4.69, 9.17) is 7.10 Å². The van der Waals surface area contributed by atoms with E-state index in [1.54, 1.807) is 18.5 Å². The molecule has 1 aromatic heterocycles. The number of aromatic nitrogens is 2. The molecule has 1 fully saturated rings. The average Bonchev–Trinajstić information content (AvgIpc) is 2.70. The van der Waals surface area contributed by atoms with Crippen LogP contribution in [0.4, 0.5) is 5.69 Å². The minimum Gasteiger partial charge on any atom is -0.368 e. The molecule has 0 spiro atoms. The lowest BCUT2D eigenvalue weighted by Gasteiger charge is -2.19. The summed E-state index contributed by atoms with van der Waals surface area (Å²) in [6.07, 6.45) is 3.30. The highest BCUT2D eigenvalue weighted by Gasteiger charge is 2.27. The Morgan fingerprint density at radius 1 is 1.41 bits per heavy atom. The first-order chi connectivity index (χ1) is 8.66. The zero-order valence-electron chi connectivity index (χ0n) is 10.8. The second kappa shape index (κ2) is 3.96. The number of anilines is 1. The molecule has 2 atom stereocenters. The lowest BCUT2D eigenvalue weighted by atomic mass is 10.1. The Bertz CT molecular complexity index is 576. The molecule has 0 amide bonds. The van der Waals surface area contributed by atoms with Gasteiger partial charge in [-0.2, -0.15) is 0 Å². The molecule has 1 aliphatic heterocycles. The molecule has 1 saturated heterocycles. The second-order valence-corrected chi connectivity index (χ2v) is 4.66. The van der Waals surface area contributed by atoms with E-state index >= 15 is 0 Å². The van der Waals surface area contributed by atoms with Crippen LogP contribution >= 0.6 is 0 Å². The van der Waals surface area contributed by atoms with Crippen LogP contribution in [-0.4, -0.2) is 29.1 Å². The third-order valence-corrected chi connectivity index (χ3v) is 3.41. The highest BCUT2D eigenvalue weighted by atomic mass is 15.2. The van der Waals surface area contributed by atoms with Crippen molar-refractivity contribution in [3.8, 4) is 0 Å². The van der Waals surface area contributed by atoms with Crippen molar-refractivity contribution in [3.63, 3.8) is 0 Å². The predicted octanol–water partition coefficient (Wildman–Crippen LogP) is 1.41. The van der Waals surface area contributed by atoms with E-state index in [9.17, 15) is 0 Å². The van der Waals surface area contributed by atoms with Crippen molar-refractivity contribution in [1.82, 2.24) is 9.97 Å². The van der Waals surface area contributed by atoms with Gasteiger partial charge in [0.2, 0.25) is 0 Å². The summed E-state index contributed by atoms with van der Waals surface area (Å²) in [5, 5.41) is 0. The summed E-state index contributed by atoms with van der Waals surface area (Å²) in [5.74, 6) is 0.479. The number of hydrogen-bond acceptors (Lipinski definition) is 4. The summed E-state index contributed by atoms with van der Waals surface area (Å²) in [6, 6.07) is 4.34. The molecule has 0 radical (unpaired) electrons. The zero-order chi connectivity index (χ0) is 12.7. The first-order valence-corrected chi connectivity index (χ1v) is 5.87. The standard InChI is InChI=1S/C13H16N4/c1-9-7-17(8-10(9)14)12-4-2-3-11-13(12)16-6-5-15-11/h2-6,9-10H,7-8,14H2,1H3/t9-,10+/m1/s1/i3D. The quantitative estimate of drug-likeness (QED) is 0.803. The molecule has 0 aliphatic carbocycles. The Labute approximate surface area is 102 Å². The van der Waals surface area contributed by atoms with Gasteiger partial charge in [0, 0.05) is 31.5 Å². The van der Waals surface area contributed by atoms with Gasteiger partial charge in [0.15, 0.2) is 0 Å². The normalized spacial score (nSPS) is 25.3. The Morgan fingerprint density at radius 2 is 2.24 bits per heavy atom. The van der Waals surface area contributed by atoms with E-state index in [0.717, 1.165) is 24.3 Å². The van der Waals surface area contributed by atoms with Crippen molar-refractivity contribution < 1.29 is 1.37 Å². The molecule has 2 N–H and O–H groups in total. The Balaban J connectivity index is 2.10. The van der Waals surface area contributed by atoms with Gasteiger partial charge in [-0.25, -0.2) is 0 Å². The Morgan fingerprint density at radius 3 is 3.00 bits per heavy atom. The van der Waals surface area contributed by atoms with Crippen LogP contribution in [0.1, 0.15) is 8.29 Å². The largest absolute Gasteiger partial charge is 0.368 e. The molecular formula is C13H16N4. The molecule has 17 heavy (non-hydrogen) atoms. The molecule has 0 unspecified atom stereocenters. The van der Waals surface area contributed by atoms with Gasteiger partial charge in [-0.15, -0.1) is 0 Å². The zero-order valence-corrected chi connectivity index (χ0v) is 9.80.